The van der Waals surface area contributed by atoms with Gasteiger partial charge in [0.05, 0.1) is 6.61 Å². The molecule has 0 bridgehead atoms. The molecule has 2 unspecified atom stereocenters. The quantitative estimate of drug-likeness (QED) is 0.674. The highest BCUT2D eigenvalue weighted by atomic mass is 16.5. The van der Waals surface area contributed by atoms with Crippen LogP contribution in [-0.2, 0) is 9.53 Å². The van der Waals surface area contributed by atoms with Gasteiger partial charge in [-0.2, -0.15) is 0 Å². The highest BCUT2D eigenvalue weighted by molar-refractivity contribution is 5.73. The van der Waals surface area contributed by atoms with Crippen molar-refractivity contribution in [3.63, 3.8) is 0 Å². The van der Waals surface area contributed by atoms with Gasteiger partial charge in [-0.3, -0.25) is 9.69 Å². The van der Waals surface area contributed by atoms with E-state index in [2.05, 4.69) is 11.8 Å². The van der Waals surface area contributed by atoms with Gasteiger partial charge in [0.15, 0.2) is 0 Å². The third-order valence-corrected chi connectivity index (χ3v) is 3.23. The molecule has 4 heteroatoms. The number of carbonyl (C=O) groups is 1. The number of methoxy groups -OCH3 is 1. The molecule has 1 aliphatic rings. The number of aliphatic carboxylic acids is 1. The SMILES string of the molecule is CCCCCN1CC(COC)CC1C(=O)O. The second-order valence-electron chi connectivity index (χ2n) is 4.61. The number of hydrogen-bond donors (Lipinski definition) is 1. The van der Waals surface area contributed by atoms with Crippen LogP contribution in [0.1, 0.15) is 32.6 Å². The van der Waals surface area contributed by atoms with Crippen molar-refractivity contribution in [1.29, 1.82) is 0 Å². The second kappa shape index (κ2) is 6.86. The first-order valence-electron chi connectivity index (χ1n) is 6.14. The van der Waals surface area contributed by atoms with Crippen molar-refractivity contribution in [1.82, 2.24) is 4.90 Å². The largest absolute Gasteiger partial charge is 0.480 e. The molecular formula is C12H23NO3. The highest BCUT2D eigenvalue weighted by Gasteiger charge is 2.35. The fourth-order valence-electron chi connectivity index (χ4n) is 2.42. The fourth-order valence-corrected chi connectivity index (χ4v) is 2.42. The molecule has 0 spiro atoms. The molecule has 1 heterocycles. The van der Waals surface area contributed by atoms with Crippen LogP contribution in [0.3, 0.4) is 0 Å². The summed E-state index contributed by atoms with van der Waals surface area (Å²) in [5.74, 6) is -0.303. The molecule has 0 aromatic heterocycles. The van der Waals surface area contributed by atoms with Gasteiger partial charge in [0.25, 0.3) is 0 Å². The van der Waals surface area contributed by atoms with Crippen molar-refractivity contribution in [3.8, 4) is 0 Å². The normalized spacial score (nSPS) is 26.1. The molecule has 0 saturated carbocycles. The average molecular weight is 229 g/mol. The van der Waals surface area contributed by atoms with Crippen LogP contribution < -0.4 is 0 Å². The summed E-state index contributed by atoms with van der Waals surface area (Å²) in [6.07, 6.45) is 4.18. The van der Waals surface area contributed by atoms with Crippen molar-refractivity contribution in [2.24, 2.45) is 5.92 Å². The van der Waals surface area contributed by atoms with Gasteiger partial charge < -0.3 is 9.84 Å². The minimum absolute atomic E-state index is 0.294. The minimum Gasteiger partial charge on any atom is -0.480 e. The summed E-state index contributed by atoms with van der Waals surface area (Å²) in [4.78, 5) is 13.2. The van der Waals surface area contributed by atoms with E-state index in [1.807, 2.05) is 0 Å². The van der Waals surface area contributed by atoms with Crippen LogP contribution in [0, 0.1) is 5.92 Å². The van der Waals surface area contributed by atoms with Crippen molar-refractivity contribution >= 4 is 5.97 Å². The van der Waals surface area contributed by atoms with E-state index in [1.165, 1.54) is 12.8 Å². The van der Waals surface area contributed by atoms with Gasteiger partial charge in [0.2, 0.25) is 0 Å². The topological polar surface area (TPSA) is 49.8 Å². The predicted octanol–water partition coefficient (Wildman–Crippen LogP) is 1.60. The Balaban J connectivity index is 2.42. The van der Waals surface area contributed by atoms with Crippen molar-refractivity contribution < 1.29 is 14.6 Å². The molecule has 1 rings (SSSR count). The van der Waals surface area contributed by atoms with Gasteiger partial charge in [-0.1, -0.05) is 19.8 Å². The maximum atomic E-state index is 11.1. The summed E-state index contributed by atoms with van der Waals surface area (Å²) in [5.41, 5.74) is 0. The molecule has 94 valence electrons. The zero-order chi connectivity index (χ0) is 12.0. The number of rotatable bonds is 7. The van der Waals surface area contributed by atoms with E-state index in [0.717, 1.165) is 25.9 Å². The number of carboxylic acid groups (broad SMARTS) is 1. The van der Waals surface area contributed by atoms with E-state index >= 15 is 0 Å². The first kappa shape index (κ1) is 13.5. The summed E-state index contributed by atoms with van der Waals surface area (Å²) in [5, 5.41) is 9.14. The lowest BCUT2D eigenvalue weighted by Gasteiger charge is -2.20. The van der Waals surface area contributed by atoms with Crippen LogP contribution in [0.4, 0.5) is 0 Å². The molecule has 0 aromatic carbocycles. The Labute approximate surface area is 97.6 Å². The molecule has 1 saturated heterocycles. The predicted molar refractivity (Wildman–Crippen MR) is 62.5 cm³/mol. The summed E-state index contributed by atoms with van der Waals surface area (Å²) in [6.45, 7) is 4.61. The fraction of sp³-hybridized carbons (Fsp3) is 0.917. The van der Waals surface area contributed by atoms with Gasteiger partial charge in [-0.05, 0) is 25.3 Å². The third-order valence-electron chi connectivity index (χ3n) is 3.23. The summed E-state index contributed by atoms with van der Waals surface area (Å²) < 4.78 is 5.11. The minimum atomic E-state index is -0.685. The van der Waals surface area contributed by atoms with Crippen LogP contribution in [0.15, 0.2) is 0 Å². The molecule has 1 fully saturated rings. The van der Waals surface area contributed by atoms with Crippen LogP contribution in [0.5, 0.6) is 0 Å². The molecule has 1 aliphatic heterocycles. The van der Waals surface area contributed by atoms with Crippen LogP contribution in [0.25, 0.3) is 0 Å². The van der Waals surface area contributed by atoms with Gasteiger partial charge in [0, 0.05) is 13.7 Å². The third kappa shape index (κ3) is 3.76. The van der Waals surface area contributed by atoms with E-state index < -0.39 is 5.97 Å². The summed E-state index contributed by atoms with van der Waals surface area (Å²) in [7, 11) is 1.68. The highest BCUT2D eigenvalue weighted by Crippen LogP contribution is 2.24. The lowest BCUT2D eigenvalue weighted by atomic mass is 10.1. The average Bonchev–Trinajstić information content (AvgIpc) is 2.62. The Morgan fingerprint density at radius 3 is 2.81 bits per heavy atom. The first-order valence-corrected chi connectivity index (χ1v) is 6.14. The van der Waals surface area contributed by atoms with E-state index in [-0.39, 0.29) is 6.04 Å². The smallest absolute Gasteiger partial charge is 0.320 e. The number of likely N-dealkylation sites (tertiary alicyclic amines) is 1. The van der Waals surface area contributed by atoms with Gasteiger partial charge in [0.1, 0.15) is 6.04 Å². The van der Waals surface area contributed by atoms with E-state index in [1.54, 1.807) is 7.11 Å². The molecule has 0 amide bonds. The molecule has 1 N–H and O–H groups in total. The number of hydrogen-bond acceptors (Lipinski definition) is 3. The first-order chi connectivity index (χ1) is 7.69. The zero-order valence-electron chi connectivity index (χ0n) is 10.3. The summed E-state index contributed by atoms with van der Waals surface area (Å²) in [6, 6.07) is -0.294. The maximum absolute atomic E-state index is 11.1. The van der Waals surface area contributed by atoms with Crippen LogP contribution in [-0.4, -0.2) is 48.8 Å². The van der Waals surface area contributed by atoms with Crippen molar-refractivity contribution in [2.75, 3.05) is 26.8 Å². The van der Waals surface area contributed by atoms with E-state index in [9.17, 15) is 4.79 Å². The van der Waals surface area contributed by atoms with Gasteiger partial charge in [-0.25, -0.2) is 0 Å². The Hall–Kier alpha value is -0.610. The number of carboxylic acids is 1. The Bertz CT molecular complexity index is 220. The molecule has 16 heavy (non-hydrogen) atoms. The molecule has 0 aromatic rings. The summed E-state index contributed by atoms with van der Waals surface area (Å²) >= 11 is 0. The van der Waals surface area contributed by atoms with Crippen LogP contribution >= 0.6 is 0 Å². The van der Waals surface area contributed by atoms with E-state index in [0.29, 0.717) is 12.5 Å². The Morgan fingerprint density at radius 1 is 1.50 bits per heavy atom. The molecule has 4 nitrogen and oxygen atoms in total. The van der Waals surface area contributed by atoms with Crippen molar-refractivity contribution in [3.05, 3.63) is 0 Å². The number of unbranched alkanes of at least 4 members (excludes halogenated alkanes) is 2. The molecule has 0 radical (unpaired) electrons. The van der Waals surface area contributed by atoms with E-state index in [4.69, 9.17) is 9.84 Å². The van der Waals surface area contributed by atoms with Gasteiger partial charge >= 0.3 is 5.97 Å². The Kier molecular flexibility index (Phi) is 5.77. The van der Waals surface area contributed by atoms with Crippen LogP contribution in [0.2, 0.25) is 0 Å². The van der Waals surface area contributed by atoms with Gasteiger partial charge in [-0.15, -0.1) is 0 Å². The van der Waals surface area contributed by atoms with Crippen molar-refractivity contribution in [2.45, 2.75) is 38.6 Å². The standard InChI is InChI=1S/C12H23NO3/c1-3-4-5-6-13-8-10(9-16-2)7-11(13)12(14)15/h10-11H,3-9H2,1-2H3,(H,14,15). The lowest BCUT2D eigenvalue weighted by molar-refractivity contribution is -0.142. The maximum Gasteiger partial charge on any atom is 0.320 e. The lowest BCUT2D eigenvalue weighted by Crippen LogP contribution is -2.36. The number of nitrogens with zero attached hydrogens (tertiary/aromatic N) is 1. The number of ether oxygens (including phenoxy) is 1. The Morgan fingerprint density at radius 2 is 2.25 bits per heavy atom. The molecule has 0 aliphatic carbocycles. The molecule has 2 atom stereocenters. The monoisotopic (exact) mass is 229 g/mol. The zero-order valence-corrected chi connectivity index (χ0v) is 10.3. The second-order valence-corrected chi connectivity index (χ2v) is 4.61. The molecular weight excluding hydrogens is 206 g/mol.